The Bertz CT molecular complexity index is 1050. The number of rotatable bonds is 0. The Balaban J connectivity index is 2.40. The SMILES string of the molecule is Nc1ccc2c3c(c4cc(Cl)ccc4c2n1)=CC(=O)CC=3. The van der Waals surface area contributed by atoms with Crippen molar-refractivity contribution in [2.45, 2.75) is 6.42 Å². The monoisotopic (exact) mass is 294 g/mol. The van der Waals surface area contributed by atoms with Crippen molar-refractivity contribution in [2.24, 2.45) is 0 Å². The number of hydrogen-bond acceptors (Lipinski definition) is 3. The van der Waals surface area contributed by atoms with Crippen molar-refractivity contribution < 1.29 is 4.79 Å². The minimum Gasteiger partial charge on any atom is -0.384 e. The molecule has 0 bridgehead atoms. The molecule has 0 amide bonds. The largest absolute Gasteiger partial charge is 0.384 e. The summed E-state index contributed by atoms with van der Waals surface area (Å²) in [5, 5.41) is 5.50. The van der Waals surface area contributed by atoms with E-state index in [4.69, 9.17) is 17.3 Å². The van der Waals surface area contributed by atoms with Crippen molar-refractivity contribution in [3.05, 3.63) is 45.8 Å². The summed E-state index contributed by atoms with van der Waals surface area (Å²) in [5.74, 6) is 0.584. The van der Waals surface area contributed by atoms with Gasteiger partial charge in [-0.3, -0.25) is 4.79 Å². The maximum atomic E-state index is 11.8. The zero-order valence-electron chi connectivity index (χ0n) is 11.1. The topological polar surface area (TPSA) is 56.0 Å². The Morgan fingerprint density at radius 3 is 2.71 bits per heavy atom. The highest BCUT2D eigenvalue weighted by molar-refractivity contribution is 6.31. The number of nitrogen functional groups attached to an aromatic ring is 1. The van der Waals surface area contributed by atoms with E-state index in [2.05, 4.69) is 4.98 Å². The van der Waals surface area contributed by atoms with Crippen LogP contribution in [0.4, 0.5) is 5.82 Å². The molecule has 4 rings (SSSR count). The first kappa shape index (κ1) is 12.4. The molecule has 102 valence electrons. The minimum absolute atomic E-state index is 0.103. The third-order valence-electron chi connectivity index (χ3n) is 3.84. The van der Waals surface area contributed by atoms with Gasteiger partial charge in [0.2, 0.25) is 0 Å². The van der Waals surface area contributed by atoms with E-state index in [-0.39, 0.29) is 5.78 Å². The number of nitrogens with zero attached hydrogens (tertiary/aromatic N) is 1. The van der Waals surface area contributed by atoms with Crippen LogP contribution in [0.5, 0.6) is 0 Å². The molecule has 4 heteroatoms. The van der Waals surface area contributed by atoms with Crippen molar-refractivity contribution in [2.75, 3.05) is 5.73 Å². The maximum Gasteiger partial charge on any atom is 0.160 e. The van der Waals surface area contributed by atoms with E-state index in [0.717, 1.165) is 32.1 Å². The van der Waals surface area contributed by atoms with Gasteiger partial charge < -0.3 is 5.73 Å². The average Bonchev–Trinajstić information content (AvgIpc) is 2.47. The number of hydrogen-bond donors (Lipinski definition) is 1. The molecule has 0 spiro atoms. The van der Waals surface area contributed by atoms with Crippen molar-refractivity contribution in [1.29, 1.82) is 0 Å². The van der Waals surface area contributed by atoms with Crippen molar-refractivity contribution in [3.63, 3.8) is 0 Å². The summed E-state index contributed by atoms with van der Waals surface area (Å²) in [7, 11) is 0. The molecule has 1 aliphatic rings. The molecule has 0 saturated carbocycles. The van der Waals surface area contributed by atoms with E-state index in [1.54, 1.807) is 12.1 Å². The number of ketones is 1. The molecule has 3 aromatic rings. The van der Waals surface area contributed by atoms with E-state index in [1.165, 1.54) is 0 Å². The number of carbonyl (C=O) groups excluding carboxylic acids is 1. The normalized spacial score (nSPS) is 13.9. The highest BCUT2D eigenvalue weighted by atomic mass is 35.5. The molecule has 2 aromatic carbocycles. The van der Waals surface area contributed by atoms with Crippen LogP contribution in [0.25, 0.3) is 33.8 Å². The number of aromatic nitrogens is 1. The molecule has 2 N–H and O–H groups in total. The van der Waals surface area contributed by atoms with Gasteiger partial charge in [-0.2, -0.15) is 0 Å². The molecular formula is C17H11ClN2O. The van der Waals surface area contributed by atoms with Gasteiger partial charge in [-0.05, 0) is 46.2 Å². The van der Waals surface area contributed by atoms with Crippen LogP contribution in [0.2, 0.25) is 5.02 Å². The Labute approximate surface area is 125 Å². The fourth-order valence-corrected chi connectivity index (χ4v) is 3.10. The van der Waals surface area contributed by atoms with E-state index in [0.29, 0.717) is 17.3 Å². The summed E-state index contributed by atoms with van der Waals surface area (Å²) in [6.45, 7) is 0. The van der Waals surface area contributed by atoms with Crippen LogP contribution < -0.4 is 16.2 Å². The molecule has 0 unspecified atom stereocenters. The second-order valence-corrected chi connectivity index (χ2v) is 5.60. The average molecular weight is 295 g/mol. The number of anilines is 1. The first-order valence-corrected chi connectivity index (χ1v) is 7.03. The number of pyridine rings is 1. The maximum absolute atomic E-state index is 11.8. The summed E-state index contributed by atoms with van der Waals surface area (Å²) in [5.41, 5.74) is 6.68. The van der Waals surface area contributed by atoms with E-state index in [1.807, 2.05) is 30.3 Å². The lowest BCUT2D eigenvalue weighted by Gasteiger charge is -2.10. The van der Waals surface area contributed by atoms with Gasteiger partial charge in [0.05, 0.1) is 5.52 Å². The third kappa shape index (κ3) is 1.82. The zero-order chi connectivity index (χ0) is 14.6. The number of Topliss-reactive ketones (excluding diaryl/α,β-unsaturated/α-hetero) is 1. The Hall–Kier alpha value is -2.39. The fraction of sp³-hybridized carbons (Fsp3) is 0.0588. The molecular weight excluding hydrogens is 284 g/mol. The van der Waals surface area contributed by atoms with Crippen LogP contribution in [0.1, 0.15) is 6.42 Å². The molecule has 0 fully saturated rings. The smallest absolute Gasteiger partial charge is 0.160 e. The molecule has 3 nitrogen and oxygen atoms in total. The quantitative estimate of drug-likeness (QED) is 0.646. The molecule has 0 radical (unpaired) electrons. The molecule has 1 aliphatic carbocycles. The fourth-order valence-electron chi connectivity index (χ4n) is 2.93. The molecule has 21 heavy (non-hydrogen) atoms. The van der Waals surface area contributed by atoms with Gasteiger partial charge in [0.1, 0.15) is 5.82 Å². The summed E-state index contributed by atoms with van der Waals surface area (Å²) in [4.78, 5) is 16.3. The number of carbonyl (C=O) groups is 1. The Morgan fingerprint density at radius 1 is 1.05 bits per heavy atom. The highest BCUT2D eigenvalue weighted by Crippen LogP contribution is 2.23. The van der Waals surface area contributed by atoms with Crippen LogP contribution in [-0.2, 0) is 4.79 Å². The van der Waals surface area contributed by atoms with Gasteiger partial charge >= 0.3 is 0 Å². The van der Waals surface area contributed by atoms with Crippen LogP contribution in [0.15, 0.2) is 30.3 Å². The summed E-state index contributed by atoms with van der Waals surface area (Å²) in [6.07, 6.45) is 4.07. The first-order valence-electron chi connectivity index (χ1n) is 6.66. The van der Waals surface area contributed by atoms with Gasteiger partial charge in [0.25, 0.3) is 0 Å². The lowest BCUT2D eigenvalue weighted by atomic mass is 9.96. The lowest BCUT2D eigenvalue weighted by molar-refractivity contribution is -0.112. The predicted molar refractivity (Wildman–Crippen MR) is 86.5 cm³/mol. The number of halogens is 1. The van der Waals surface area contributed by atoms with Gasteiger partial charge in [-0.15, -0.1) is 0 Å². The molecule has 0 atom stereocenters. The third-order valence-corrected chi connectivity index (χ3v) is 4.07. The number of nitrogens with two attached hydrogens (primary N) is 1. The van der Waals surface area contributed by atoms with Crippen LogP contribution >= 0.6 is 11.6 Å². The van der Waals surface area contributed by atoms with Crippen molar-refractivity contribution >= 4 is 57.0 Å². The number of benzene rings is 2. The van der Waals surface area contributed by atoms with Crippen LogP contribution in [0, 0.1) is 0 Å². The molecule has 1 aromatic heterocycles. The highest BCUT2D eigenvalue weighted by Gasteiger charge is 2.11. The molecule has 1 heterocycles. The number of fused-ring (bicyclic) bond motifs is 6. The first-order chi connectivity index (χ1) is 10.1. The van der Waals surface area contributed by atoms with E-state index >= 15 is 0 Å². The zero-order valence-corrected chi connectivity index (χ0v) is 11.8. The minimum atomic E-state index is 0.103. The standard InChI is InChI=1S/C17H11ClN2O/c18-9-1-3-13-14(7-9)15-8-10(21)2-4-11(15)12-5-6-16(19)20-17(12)13/h1,3-8H,2H2,(H2,19,20). The second kappa shape index (κ2) is 4.30. The van der Waals surface area contributed by atoms with Crippen molar-refractivity contribution in [3.8, 4) is 0 Å². The molecule has 0 saturated heterocycles. The van der Waals surface area contributed by atoms with E-state index < -0.39 is 0 Å². The van der Waals surface area contributed by atoms with Gasteiger partial charge in [-0.25, -0.2) is 4.98 Å². The van der Waals surface area contributed by atoms with Crippen molar-refractivity contribution in [1.82, 2.24) is 4.98 Å². The Kier molecular flexibility index (Phi) is 2.53. The van der Waals surface area contributed by atoms with Gasteiger partial charge in [0.15, 0.2) is 5.78 Å². The predicted octanol–water partition coefficient (Wildman–Crippen LogP) is 2.16. The summed E-state index contributed by atoms with van der Waals surface area (Å²) < 4.78 is 0. The van der Waals surface area contributed by atoms with Gasteiger partial charge in [0, 0.05) is 22.2 Å². The Morgan fingerprint density at radius 2 is 1.86 bits per heavy atom. The lowest BCUT2D eigenvalue weighted by Crippen LogP contribution is -2.31. The molecule has 0 aliphatic heterocycles. The van der Waals surface area contributed by atoms with Crippen LogP contribution in [0.3, 0.4) is 0 Å². The van der Waals surface area contributed by atoms with Crippen LogP contribution in [-0.4, -0.2) is 10.8 Å². The van der Waals surface area contributed by atoms with Gasteiger partial charge in [-0.1, -0.05) is 23.7 Å². The second-order valence-electron chi connectivity index (χ2n) is 5.17. The summed E-state index contributed by atoms with van der Waals surface area (Å²) >= 11 is 6.13. The van der Waals surface area contributed by atoms with E-state index in [9.17, 15) is 4.79 Å². The summed E-state index contributed by atoms with van der Waals surface area (Å²) in [6, 6.07) is 9.39.